The molecule has 0 saturated carbocycles. The van der Waals surface area contributed by atoms with Crippen molar-refractivity contribution in [3.8, 4) is 22.9 Å². The van der Waals surface area contributed by atoms with Crippen molar-refractivity contribution in [3.05, 3.63) is 94.2 Å². The fraction of sp³-hybridized carbons (Fsp3) is 0.333. The molecule has 57 heavy (non-hydrogen) atoms. The second-order valence-corrected chi connectivity index (χ2v) is 14.9. The first-order valence-corrected chi connectivity index (χ1v) is 18.9. The van der Waals surface area contributed by atoms with E-state index in [2.05, 4.69) is 20.5 Å². The molecule has 3 aromatic carbocycles. The SMILES string of the molecule is CC(C)Oc1cc(N/N=C\C(=O)C(F)(F)F)c(Cl)cc1Cl.CC(C)Oc1cc(NCl)c(Cl)cc1Cl.Cc1cnn(-c2cc(OC(C)C)c(Cl)cc2Cl)c(=O)c1C.N. The lowest BCUT2D eigenvalue weighted by atomic mass is 10.2. The Morgan fingerprint density at radius 2 is 1.16 bits per heavy atom. The minimum Gasteiger partial charge on any atom is -0.489 e. The minimum absolute atomic E-state index is 0. The maximum atomic E-state index is 12.3. The number of ether oxygens (including phenoxy) is 3. The van der Waals surface area contributed by atoms with E-state index in [1.807, 2.05) is 34.6 Å². The molecule has 4 rings (SSSR count). The van der Waals surface area contributed by atoms with E-state index >= 15 is 0 Å². The van der Waals surface area contributed by atoms with Crippen LogP contribution in [0.2, 0.25) is 30.1 Å². The van der Waals surface area contributed by atoms with Crippen LogP contribution in [0.3, 0.4) is 0 Å². The number of aromatic nitrogens is 2. The zero-order chi connectivity index (χ0) is 42.7. The van der Waals surface area contributed by atoms with Crippen molar-refractivity contribution in [1.82, 2.24) is 15.9 Å². The number of anilines is 2. The number of carbonyl (C=O) groups excluding carboxylic acids is 1. The second-order valence-electron chi connectivity index (χ2n) is 12.3. The van der Waals surface area contributed by atoms with Gasteiger partial charge < -0.3 is 20.4 Å². The monoisotopic (exact) mass is 938 g/mol. The lowest BCUT2D eigenvalue weighted by Crippen LogP contribution is -2.24. The quantitative estimate of drug-likeness (QED) is 0.0758. The van der Waals surface area contributed by atoms with Crippen molar-refractivity contribution in [2.24, 2.45) is 5.10 Å². The highest BCUT2D eigenvalue weighted by Gasteiger charge is 2.37. The molecule has 0 unspecified atom stereocenters. The molecule has 0 aliphatic heterocycles. The first-order chi connectivity index (χ1) is 26.0. The van der Waals surface area contributed by atoms with E-state index in [1.54, 1.807) is 51.2 Å². The van der Waals surface area contributed by atoms with Crippen molar-refractivity contribution in [1.29, 1.82) is 0 Å². The van der Waals surface area contributed by atoms with Crippen LogP contribution in [0, 0.1) is 13.8 Å². The van der Waals surface area contributed by atoms with Crippen LogP contribution in [-0.2, 0) is 4.79 Å². The molecule has 0 amide bonds. The number of aryl methyl sites for hydroxylation is 1. The molecule has 1 aromatic heterocycles. The molecule has 314 valence electrons. The summed E-state index contributed by atoms with van der Waals surface area (Å²) in [6, 6.07) is 9.17. The minimum atomic E-state index is -4.97. The summed E-state index contributed by atoms with van der Waals surface area (Å²) in [7, 11) is 0. The number of nitrogens with one attached hydrogen (secondary N) is 2. The van der Waals surface area contributed by atoms with Crippen LogP contribution in [0.25, 0.3) is 5.69 Å². The Morgan fingerprint density at radius 1 is 0.737 bits per heavy atom. The van der Waals surface area contributed by atoms with E-state index in [1.165, 1.54) is 16.8 Å². The van der Waals surface area contributed by atoms with Gasteiger partial charge in [0, 0.05) is 35.5 Å². The summed E-state index contributed by atoms with van der Waals surface area (Å²) in [5, 5.41) is 9.37. The van der Waals surface area contributed by atoms with Crippen LogP contribution < -0.4 is 36.2 Å². The van der Waals surface area contributed by atoms with Gasteiger partial charge in [0.25, 0.3) is 11.3 Å². The molecule has 21 heteroatoms. The van der Waals surface area contributed by atoms with Gasteiger partial charge in [0.15, 0.2) is 0 Å². The topological polar surface area (TPSA) is 151 Å². The molecule has 0 aliphatic rings. The zero-order valence-electron chi connectivity index (χ0n) is 31.7. The summed E-state index contributed by atoms with van der Waals surface area (Å²) in [6.45, 7) is 14.8. The number of rotatable bonds is 11. The lowest BCUT2D eigenvalue weighted by Gasteiger charge is -2.15. The number of hydrogen-bond acceptors (Lipinski definition) is 10. The number of ketones is 1. The number of hydrogen-bond donors (Lipinski definition) is 3. The Labute approximate surface area is 363 Å². The zero-order valence-corrected chi connectivity index (χ0v) is 37.0. The van der Waals surface area contributed by atoms with Gasteiger partial charge in [-0.3, -0.25) is 19.9 Å². The van der Waals surface area contributed by atoms with E-state index < -0.39 is 12.0 Å². The largest absolute Gasteiger partial charge is 0.489 e. The smallest absolute Gasteiger partial charge is 0.455 e. The van der Waals surface area contributed by atoms with Crippen molar-refractivity contribution in [2.45, 2.75) is 79.9 Å². The van der Waals surface area contributed by atoms with Gasteiger partial charge in [-0.15, -0.1) is 0 Å². The average molecular weight is 942 g/mol. The maximum Gasteiger partial charge on any atom is 0.455 e. The fourth-order valence-electron chi connectivity index (χ4n) is 3.96. The molecular weight excluding hydrogens is 902 g/mol. The van der Waals surface area contributed by atoms with Gasteiger partial charge in [-0.1, -0.05) is 69.6 Å². The molecule has 0 bridgehead atoms. The van der Waals surface area contributed by atoms with Crippen molar-refractivity contribution in [2.75, 3.05) is 10.3 Å². The third-order valence-corrected chi connectivity index (χ3v) is 8.60. The molecule has 0 spiro atoms. The Hall–Kier alpha value is -3.34. The van der Waals surface area contributed by atoms with Gasteiger partial charge >= 0.3 is 6.18 Å². The predicted octanol–water partition coefficient (Wildman–Crippen LogP) is 12.8. The summed E-state index contributed by atoms with van der Waals surface area (Å²) >= 11 is 41.3. The van der Waals surface area contributed by atoms with E-state index in [4.69, 9.17) is 95.6 Å². The maximum absolute atomic E-state index is 12.3. The number of hydrazone groups is 1. The number of carbonyl (C=O) groups is 1. The van der Waals surface area contributed by atoms with E-state index in [0.29, 0.717) is 48.5 Å². The highest BCUT2D eigenvalue weighted by Crippen LogP contribution is 2.36. The van der Waals surface area contributed by atoms with E-state index in [0.717, 1.165) is 5.56 Å². The normalized spacial score (nSPS) is 11.0. The average Bonchev–Trinajstić information content (AvgIpc) is 3.08. The molecule has 0 radical (unpaired) electrons. The van der Waals surface area contributed by atoms with Crippen LogP contribution in [-0.4, -0.2) is 46.3 Å². The van der Waals surface area contributed by atoms with Gasteiger partial charge in [0.05, 0.1) is 77.9 Å². The van der Waals surface area contributed by atoms with Crippen LogP contribution in [0.4, 0.5) is 24.5 Å². The highest BCUT2D eigenvalue weighted by atomic mass is 35.5. The molecule has 4 aromatic rings. The third-order valence-electron chi connectivity index (χ3n) is 6.58. The van der Waals surface area contributed by atoms with Gasteiger partial charge in [0.2, 0.25) is 0 Å². The Bertz CT molecular complexity index is 2080. The van der Waals surface area contributed by atoms with Crippen LogP contribution in [0.5, 0.6) is 17.2 Å². The van der Waals surface area contributed by atoms with Crippen molar-refractivity contribution >= 4 is 105 Å². The third kappa shape index (κ3) is 16.1. The Balaban J connectivity index is 0.000000433. The Kier molecular flexibility index (Phi) is 21.1. The molecule has 5 N–H and O–H groups in total. The van der Waals surface area contributed by atoms with E-state index in [-0.39, 0.29) is 57.7 Å². The standard InChI is InChI=1S/C15H16Cl2N2O2.C12H11Cl2F3N2O2.C9H10Cl3NO.H3N/c1-8(2)21-14-6-13(11(16)5-12(14)17)19-15(20)10(4)9(3)7-18-19;1-6(2)21-10-4-9(7(13)3-8(10)14)19-18-5-11(20)12(15,16)17;1-5(2)14-9-4-8(13-12)6(10)3-7(9)11;/h5-8H,1-4H3;3-6,19H,1-2H3;3-5,13H,1-2H3;1H3/b;18-5-;;. The van der Waals surface area contributed by atoms with Gasteiger partial charge in [-0.05, 0) is 79.2 Å². The van der Waals surface area contributed by atoms with Crippen molar-refractivity contribution < 1.29 is 32.2 Å². The van der Waals surface area contributed by atoms with Crippen LogP contribution >= 0.6 is 81.4 Å². The van der Waals surface area contributed by atoms with Crippen LogP contribution in [0.1, 0.15) is 52.7 Å². The molecule has 0 aliphatic carbocycles. The van der Waals surface area contributed by atoms with Crippen LogP contribution in [0.15, 0.2) is 52.5 Å². The lowest BCUT2D eigenvalue weighted by molar-refractivity contribution is -0.162. The summed E-state index contributed by atoms with van der Waals surface area (Å²) in [6.07, 6.45) is -3.37. The number of halogens is 10. The number of Topliss-reactive ketones (excluding diaryl/α,β-unsaturated/α-hetero) is 1. The molecule has 0 saturated heterocycles. The first-order valence-electron chi connectivity index (χ1n) is 16.3. The number of benzene rings is 3. The molecule has 1 heterocycles. The second kappa shape index (κ2) is 23.3. The van der Waals surface area contributed by atoms with Gasteiger partial charge in [-0.2, -0.15) is 28.1 Å². The highest BCUT2D eigenvalue weighted by molar-refractivity contribution is 6.39. The number of nitrogens with zero attached hydrogens (tertiary/aromatic N) is 3. The Morgan fingerprint density at radius 3 is 1.60 bits per heavy atom. The predicted molar refractivity (Wildman–Crippen MR) is 227 cm³/mol. The summed E-state index contributed by atoms with van der Waals surface area (Å²) < 4.78 is 53.7. The van der Waals surface area contributed by atoms with E-state index in [9.17, 15) is 22.8 Å². The molecular formula is C36H40Cl7F3N6O5. The number of alkyl halides is 3. The first kappa shape index (κ1) is 51.7. The molecule has 11 nitrogen and oxygen atoms in total. The molecule has 0 atom stereocenters. The van der Waals surface area contributed by atoms with Gasteiger partial charge in [0.1, 0.15) is 17.2 Å². The summed E-state index contributed by atoms with van der Waals surface area (Å²) in [4.78, 5) is 25.4. The van der Waals surface area contributed by atoms with Gasteiger partial charge in [-0.25, -0.2) is 0 Å². The fourth-order valence-corrected chi connectivity index (χ4v) is 5.61. The summed E-state index contributed by atoms with van der Waals surface area (Å²) in [5.41, 5.74) is 4.66. The molecule has 0 fully saturated rings. The summed E-state index contributed by atoms with van der Waals surface area (Å²) in [5.74, 6) is -0.762. The van der Waals surface area contributed by atoms with Crippen molar-refractivity contribution in [3.63, 3.8) is 0 Å².